The number of hydrogen-bond acceptors (Lipinski definition) is 2. The largest absolute Gasteiger partial charge is 0.381 e. The van der Waals surface area contributed by atoms with E-state index in [9.17, 15) is 9.18 Å². The Morgan fingerprint density at radius 1 is 1.11 bits per heavy atom. The van der Waals surface area contributed by atoms with Crippen LogP contribution in [0.3, 0.4) is 0 Å². The predicted molar refractivity (Wildman–Crippen MR) is 107 cm³/mol. The number of amides is 1. The normalized spacial score (nSPS) is 22.8. The summed E-state index contributed by atoms with van der Waals surface area (Å²) in [6, 6.07) is 13.6. The van der Waals surface area contributed by atoms with Gasteiger partial charge in [-0.2, -0.15) is 0 Å². The van der Waals surface area contributed by atoms with Crippen molar-refractivity contribution in [3.05, 3.63) is 65.0 Å². The van der Waals surface area contributed by atoms with Gasteiger partial charge in [-0.25, -0.2) is 4.39 Å². The molecule has 3 nitrogen and oxygen atoms in total. The first kappa shape index (κ1) is 17.9. The summed E-state index contributed by atoms with van der Waals surface area (Å²) in [6.45, 7) is 1.38. The average Bonchev–Trinajstić information content (AvgIpc) is 3.41. The van der Waals surface area contributed by atoms with Gasteiger partial charge in [-0.1, -0.05) is 30.3 Å². The molecule has 0 radical (unpaired) electrons. The third kappa shape index (κ3) is 3.24. The minimum atomic E-state index is -0.227. The number of ether oxygens (including phenoxy) is 1. The van der Waals surface area contributed by atoms with Crippen LogP contribution < -0.4 is 5.32 Å². The molecule has 1 atom stereocenters. The molecule has 1 N–H and O–H groups in total. The van der Waals surface area contributed by atoms with Gasteiger partial charge in [-0.05, 0) is 78.2 Å². The highest BCUT2D eigenvalue weighted by Crippen LogP contribution is 2.64. The fraction of sp³-hybridized carbons (Fsp3) is 0.458. The van der Waals surface area contributed by atoms with E-state index < -0.39 is 0 Å². The van der Waals surface area contributed by atoms with Crippen molar-refractivity contribution in [1.29, 1.82) is 0 Å². The van der Waals surface area contributed by atoms with Crippen LogP contribution in [0, 0.1) is 11.2 Å². The Kier molecular flexibility index (Phi) is 4.47. The van der Waals surface area contributed by atoms with Crippen LogP contribution >= 0.6 is 0 Å². The highest BCUT2D eigenvalue weighted by atomic mass is 19.1. The van der Waals surface area contributed by atoms with E-state index in [0.29, 0.717) is 30.7 Å². The molecule has 28 heavy (non-hydrogen) atoms. The van der Waals surface area contributed by atoms with Crippen LogP contribution in [-0.4, -0.2) is 19.1 Å². The molecule has 2 fully saturated rings. The lowest BCUT2D eigenvalue weighted by atomic mass is 9.86. The summed E-state index contributed by atoms with van der Waals surface area (Å²) in [6.07, 6.45) is 5.68. The number of fused-ring (bicyclic) bond motifs is 1. The molecule has 1 aliphatic heterocycles. The molecule has 1 amide bonds. The molecule has 1 saturated carbocycles. The monoisotopic (exact) mass is 379 g/mol. The van der Waals surface area contributed by atoms with Gasteiger partial charge in [0, 0.05) is 25.3 Å². The second kappa shape index (κ2) is 7.00. The molecule has 146 valence electrons. The van der Waals surface area contributed by atoms with Crippen molar-refractivity contribution in [3.8, 4) is 0 Å². The van der Waals surface area contributed by atoms with Crippen LogP contribution in [0.15, 0.2) is 42.5 Å². The van der Waals surface area contributed by atoms with Gasteiger partial charge >= 0.3 is 0 Å². The highest BCUT2D eigenvalue weighted by molar-refractivity contribution is 5.91. The summed E-state index contributed by atoms with van der Waals surface area (Å²) >= 11 is 0. The highest BCUT2D eigenvalue weighted by Gasteiger charge is 2.54. The van der Waals surface area contributed by atoms with Crippen LogP contribution in [-0.2, 0) is 16.0 Å². The fourth-order valence-electron chi connectivity index (χ4n) is 5.22. The zero-order valence-corrected chi connectivity index (χ0v) is 16.0. The summed E-state index contributed by atoms with van der Waals surface area (Å²) in [5.74, 6) is 0.249. The lowest BCUT2D eigenvalue weighted by Crippen LogP contribution is -2.19. The molecule has 1 saturated heterocycles. The number of hydrogen-bond donors (Lipinski definition) is 1. The Bertz CT molecular complexity index is 899. The summed E-state index contributed by atoms with van der Waals surface area (Å²) in [5, 5.41) is 2.93. The molecule has 0 bridgehead atoms. The topological polar surface area (TPSA) is 38.3 Å². The zero-order chi connectivity index (χ0) is 19.1. The molecule has 1 spiro atoms. The minimum Gasteiger partial charge on any atom is -0.381 e. The first-order valence-electron chi connectivity index (χ1n) is 10.4. The molecule has 4 heteroatoms. The summed E-state index contributed by atoms with van der Waals surface area (Å²) in [4.78, 5) is 12.7. The third-order valence-electron chi connectivity index (χ3n) is 6.94. The molecule has 1 unspecified atom stereocenters. The number of carbonyl (C=O) groups is 1. The van der Waals surface area contributed by atoms with Crippen molar-refractivity contribution in [2.75, 3.05) is 18.5 Å². The van der Waals surface area contributed by atoms with Crippen molar-refractivity contribution < 1.29 is 13.9 Å². The SMILES string of the molecule is O=C(CC1c2ccccc2CC12CC2)Nc1ccc(C2CCOCC2)c(F)c1. The molecule has 2 aliphatic carbocycles. The fourth-order valence-corrected chi connectivity index (χ4v) is 5.22. The number of anilines is 1. The van der Waals surface area contributed by atoms with Crippen LogP contribution in [0.4, 0.5) is 10.1 Å². The molecule has 2 aromatic carbocycles. The number of rotatable bonds is 4. The summed E-state index contributed by atoms with van der Waals surface area (Å²) in [5.41, 5.74) is 4.30. The molecule has 0 aromatic heterocycles. The lowest BCUT2D eigenvalue weighted by molar-refractivity contribution is -0.116. The van der Waals surface area contributed by atoms with Gasteiger partial charge in [0.15, 0.2) is 0 Å². The molecular weight excluding hydrogens is 353 g/mol. The van der Waals surface area contributed by atoms with Gasteiger partial charge in [0.25, 0.3) is 0 Å². The van der Waals surface area contributed by atoms with Crippen molar-refractivity contribution >= 4 is 11.6 Å². The van der Waals surface area contributed by atoms with E-state index in [-0.39, 0.29) is 23.6 Å². The first-order chi connectivity index (χ1) is 13.6. The van der Waals surface area contributed by atoms with Gasteiger partial charge in [-0.3, -0.25) is 4.79 Å². The van der Waals surface area contributed by atoms with Crippen LogP contribution in [0.5, 0.6) is 0 Å². The number of benzene rings is 2. The molecule has 1 heterocycles. The van der Waals surface area contributed by atoms with Crippen molar-refractivity contribution in [2.24, 2.45) is 5.41 Å². The Morgan fingerprint density at radius 2 is 1.89 bits per heavy atom. The Morgan fingerprint density at radius 3 is 2.64 bits per heavy atom. The quantitative estimate of drug-likeness (QED) is 0.796. The second-order valence-electron chi connectivity index (χ2n) is 8.67. The average molecular weight is 379 g/mol. The second-order valence-corrected chi connectivity index (χ2v) is 8.67. The van der Waals surface area contributed by atoms with Gasteiger partial charge in [0.2, 0.25) is 5.91 Å². The maximum atomic E-state index is 14.6. The van der Waals surface area contributed by atoms with E-state index in [4.69, 9.17) is 4.74 Å². The maximum absolute atomic E-state index is 14.6. The van der Waals surface area contributed by atoms with Gasteiger partial charge in [-0.15, -0.1) is 0 Å². The van der Waals surface area contributed by atoms with Crippen LogP contribution in [0.2, 0.25) is 0 Å². The van der Waals surface area contributed by atoms with E-state index in [1.807, 2.05) is 12.1 Å². The van der Waals surface area contributed by atoms with Crippen LogP contribution in [0.25, 0.3) is 0 Å². The van der Waals surface area contributed by atoms with E-state index in [1.165, 1.54) is 30.0 Å². The summed E-state index contributed by atoms with van der Waals surface area (Å²) < 4.78 is 20.0. The Balaban J connectivity index is 1.28. The number of nitrogens with one attached hydrogen (secondary N) is 1. The van der Waals surface area contributed by atoms with Gasteiger partial charge in [0.05, 0.1) is 0 Å². The third-order valence-corrected chi connectivity index (χ3v) is 6.94. The maximum Gasteiger partial charge on any atom is 0.225 e. The van der Waals surface area contributed by atoms with Crippen molar-refractivity contribution in [1.82, 2.24) is 0 Å². The van der Waals surface area contributed by atoms with E-state index in [2.05, 4.69) is 29.6 Å². The standard InChI is InChI=1S/C24H26FNO2/c25-22-13-18(5-6-20(22)16-7-11-28-12-8-16)26-23(27)14-21-19-4-2-1-3-17(19)15-24(21)9-10-24/h1-6,13,16,21H,7-12,14-15H2,(H,26,27). The van der Waals surface area contributed by atoms with Crippen molar-refractivity contribution in [3.63, 3.8) is 0 Å². The summed E-state index contributed by atoms with van der Waals surface area (Å²) in [7, 11) is 0. The molecular formula is C24H26FNO2. The smallest absolute Gasteiger partial charge is 0.225 e. The predicted octanol–water partition coefficient (Wildman–Crippen LogP) is 5.17. The molecule has 2 aromatic rings. The van der Waals surface area contributed by atoms with E-state index >= 15 is 0 Å². The zero-order valence-electron chi connectivity index (χ0n) is 16.0. The van der Waals surface area contributed by atoms with Crippen LogP contribution in [0.1, 0.15) is 60.6 Å². The molecule has 5 rings (SSSR count). The Labute approximate surface area is 165 Å². The lowest BCUT2D eigenvalue weighted by Gasteiger charge is -2.23. The first-order valence-corrected chi connectivity index (χ1v) is 10.4. The minimum absolute atomic E-state index is 0.0220. The molecule has 3 aliphatic rings. The van der Waals surface area contributed by atoms with Gasteiger partial charge < -0.3 is 10.1 Å². The Hall–Kier alpha value is -2.20. The van der Waals surface area contributed by atoms with E-state index in [0.717, 1.165) is 24.8 Å². The van der Waals surface area contributed by atoms with E-state index in [1.54, 1.807) is 0 Å². The van der Waals surface area contributed by atoms with Crippen molar-refractivity contribution in [2.45, 2.75) is 50.4 Å². The van der Waals surface area contributed by atoms with Gasteiger partial charge in [0.1, 0.15) is 5.82 Å². The number of carbonyl (C=O) groups excluding carboxylic acids is 1. The number of halogens is 1.